The molecule has 2 rings (SSSR count). The molecule has 0 saturated carbocycles. The van der Waals surface area contributed by atoms with Gasteiger partial charge in [-0.05, 0) is 67.2 Å². The van der Waals surface area contributed by atoms with E-state index in [1.807, 2.05) is 0 Å². The second-order valence-electron chi connectivity index (χ2n) is 4.61. The zero-order valence-electron chi connectivity index (χ0n) is 11.5. The molecular weight excluding hydrogens is 316 g/mol. The number of rotatable bonds is 2. The Balaban J connectivity index is 2.03. The van der Waals surface area contributed by atoms with E-state index in [0.717, 1.165) is 12.1 Å². The van der Waals surface area contributed by atoms with Gasteiger partial charge >= 0.3 is 6.18 Å². The summed E-state index contributed by atoms with van der Waals surface area (Å²) in [5.74, 6) is -0.357. The first-order valence-corrected chi connectivity index (χ1v) is 6.68. The maximum Gasteiger partial charge on any atom is 0.416 e. The fourth-order valence-electron chi connectivity index (χ4n) is 1.79. The third-order valence-corrected chi connectivity index (χ3v) is 3.11. The summed E-state index contributed by atoms with van der Waals surface area (Å²) >= 11 is 5.08. The Kier molecular flexibility index (Phi) is 4.65. The third-order valence-electron chi connectivity index (χ3n) is 2.91. The monoisotopic (exact) mass is 328 g/mol. The van der Waals surface area contributed by atoms with Gasteiger partial charge in [0.25, 0.3) is 0 Å². The number of nitrogens with one attached hydrogen (secondary N) is 2. The van der Waals surface area contributed by atoms with Gasteiger partial charge in [0.1, 0.15) is 5.82 Å². The van der Waals surface area contributed by atoms with E-state index in [2.05, 4.69) is 10.6 Å². The lowest BCUT2D eigenvalue weighted by Gasteiger charge is -2.13. The molecule has 0 spiro atoms. The van der Waals surface area contributed by atoms with Crippen molar-refractivity contribution in [3.8, 4) is 0 Å². The molecule has 22 heavy (non-hydrogen) atoms. The zero-order chi connectivity index (χ0) is 16.3. The van der Waals surface area contributed by atoms with Crippen LogP contribution in [0, 0.1) is 12.7 Å². The minimum atomic E-state index is -4.37. The third kappa shape index (κ3) is 4.17. The molecule has 2 N–H and O–H groups in total. The van der Waals surface area contributed by atoms with Crippen LogP contribution in [-0.2, 0) is 6.18 Å². The number of aryl methyl sites for hydroxylation is 1. The van der Waals surface area contributed by atoms with E-state index in [4.69, 9.17) is 12.2 Å². The summed E-state index contributed by atoms with van der Waals surface area (Å²) in [5.41, 5.74) is 0.971. The molecule has 0 unspecified atom stereocenters. The first kappa shape index (κ1) is 16.2. The number of thiocarbonyl (C=S) groups is 1. The van der Waals surface area contributed by atoms with E-state index >= 15 is 0 Å². The molecule has 0 aliphatic rings. The zero-order valence-corrected chi connectivity index (χ0v) is 12.3. The smallest absolute Gasteiger partial charge is 0.332 e. The van der Waals surface area contributed by atoms with Gasteiger partial charge in [-0.25, -0.2) is 4.39 Å². The Labute approximate surface area is 130 Å². The molecule has 0 fully saturated rings. The summed E-state index contributed by atoms with van der Waals surface area (Å²) < 4.78 is 50.4. The summed E-state index contributed by atoms with van der Waals surface area (Å²) in [7, 11) is 0. The van der Waals surface area contributed by atoms with Crippen LogP contribution in [0.15, 0.2) is 42.5 Å². The van der Waals surface area contributed by atoms with Gasteiger partial charge in [0, 0.05) is 11.4 Å². The van der Waals surface area contributed by atoms with Crippen LogP contribution in [0.5, 0.6) is 0 Å². The first-order chi connectivity index (χ1) is 10.3. The molecule has 0 atom stereocenters. The molecule has 0 radical (unpaired) electrons. The van der Waals surface area contributed by atoms with Crippen molar-refractivity contribution in [3.05, 3.63) is 59.4 Å². The van der Waals surface area contributed by atoms with Crippen LogP contribution in [-0.4, -0.2) is 5.11 Å². The van der Waals surface area contributed by atoms with Crippen LogP contribution in [0.4, 0.5) is 28.9 Å². The fourth-order valence-corrected chi connectivity index (χ4v) is 2.02. The van der Waals surface area contributed by atoms with Crippen molar-refractivity contribution >= 4 is 28.7 Å². The highest BCUT2D eigenvalue weighted by Crippen LogP contribution is 2.29. The van der Waals surface area contributed by atoms with Gasteiger partial charge in [-0.2, -0.15) is 13.2 Å². The van der Waals surface area contributed by atoms with Crippen molar-refractivity contribution in [1.29, 1.82) is 0 Å². The summed E-state index contributed by atoms with van der Waals surface area (Å²) in [6.45, 7) is 1.71. The van der Waals surface area contributed by atoms with Gasteiger partial charge in [-0.3, -0.25) is 0 Å². The van der Waals surface area contributed by atoms with Crippen LogP contribution < -0.4 is 10.6 Å². The Morgan fingerprint density at radius 1 is 1.00 bits per heavy atom. The maximum atomic E-state index is 13.0. The molecular formula is C15H12F4N2S. The molecule has 2 aromatic rings. The molecule has 0 aromatic heterocycles. The fraction of sp³-hybridized carbons (Fsp3) is 0.133. The molecule has 0 aliphatic heterocycles. The van der Waals surface area contributed by atoms with Crippen molar-refractivity contribution in [1.82, 2.24) is 0 Å². The van der Waals surface area contributed by atoms with E-state index in [-0.39, 0.29) is 10.9 Å². The topological polar surface area (TPSA) is 24.1 Å². The molecule has 0 bridgehead atoms. The van der Waals surface area contributed by atoms with Crippen LogP contribution in [0.1, 0.15) is 11.1 Å². The number of halogens is 4. The van der Waals surface area contributed by atoms with E-state index in [1.54, 1.807) is 6.92 Å². The predicted molar refractivity (Wildman–Crippen MR) is 82.4 cm³/mol. The molecule has 2 nitrogen and oxygen atoms in total. The second kappa shape index (κ2) is 6.31. The largest absolute Gasteiger partial charge is 0.416 e. The van der Waals surface area contributed by atoms with E-state index in [1.165, 1.54) is 30.3 Å². The number of hydrogen-bond donors (Lipinski definition) is 2. The average molecular weight is 328 g/mol. The number of anilines is 2. The van der Waals surface area contributed by atoms with Crippen molar-refractivity contribution in [2.45, 2.75) is 13.1 Å². The van der Waals surface area contributed by atoms with Crippen LogP contribution >= 0.6 is 12.2 Å². The van der Waals surface area contributed by atoms with E-state index < -0.39 is 11.7 Å². The summed E-state index contributed by atoms with van der Waals surface area (Å²) in [4.78, 5) is 0. The maximum absolute atomic E-state index is 13.0. The average Bonchev–Trinajstić information content (AvgIpc) is 2.41. The van der Waals surface area contributed by atoms with Gasteiger partial charge in [-0.1, -0.05) is 0 Å². The molecule has 0 saturated heterocycles. The molecule has 0 heterocycles. The lowest BCUT2D eigenvalue weighted by atomic mass is 10.2. The van der Waals surface area contributed by atoms with Crippen molar-refractivity contribution in [2.75, 3.05) is 10.6 Å². The Morgan fingerprint density at radius 3 is 2.18 bits per heavy atom. The predicted octanol–water partition coefficient (Wildman–Crippen LogP) is 4.96. The number of hydrogen-bond acceptors (Lipinski definition) is 1. The first-order valence-electron chi connectivity index (χ1n) is 6.27. The van der Waals surface area contributed by atoms with E-state index in [0.29, 0.717) is 16.9 Å². The SMILES string of the molecule is Cc1cc(F)ccc1NC(=S)Nc1ccc(C(F)(F)F)cc1. The number of benzene rings is 2. The highest BCUT2D eigenvalue weighted by molar-refractivity contribution is 7.80. The van der Waals surface area contributed by atoms with Crippen LogP contribution in [0.3, 0.4) is 0 Å². The Hall–Kier alpha value is -2.15. The highest BCUT2D eigenvalue weighted by Gasteiger charge is 2.29. The normalized spacial score (nSPS) is 11.1. The van der Waals surface area contributed by atoms with Gasteiger partial charge in [0.15, 0.2) is 5.11 Å². The van der Waals surface area contributed by atoms with Crippen LogP contribution in [0.25, 0.3) is 0 Å². The minimum absolute atomic E-state index is 0.203. The lowest BCUT2D eigenvalue weighted by molar-refractivity contribution is -0.137. The highest BCUT2D eigenvalue weighted by atomic mass is 32.1. The Morgan fingerprint density at radius 2 is 1.64 bits per heavy atom. The summed E-state index contributed by atoms with van der Waals surface area (Å²) in [6.07, 6.45) is -4.37. The Bertz CT molecular complexity index is 681. The molecule has 0 amide bonds. The second-order valence-corrected chi connectivity index (χ2v) is 5.02. The van der Waals surface area contributed by atoms with Crippen LogP contribution in [0.2, 0.25) is 0 Å². The molecule has 7 heteroatoms. The van der Waals surface area contributed by atoms with E-state index in [9.17, 15) is 17.6 Å². The van der Waals surface area contributed by atoms with Crippen molar-refractivity contribution in [3.63, 3.8) is 0 Å². The van der Waals surface area contributed by atoms with Gasteiger partial charge < -0.3 is 10.6 Å². The van der Waals surface area contributed by atoms with Gasteiger partial charge in [-0.15, -0.1) is 0 Å². The summed E-state index contributed by atoms with van der Waals surface area (Å²) in [6, 6.07) is 8.68. The van der Waals surface area contributed by atoms with Gasteiger partial charge in [0.2, 0.25) is 0 Å². The standard InChI is InChI=1S/C15H12F4N2S/c1-9-8-11(16)4-7-13(9)21-14(22)20-12-5-2-10(3-6-12)15(17,18)19/h2-8H,1H3,(H2,20,21,22). The van der Waals surface area contributed by atoms with Gasteiger partial charge in [0.05, 0.1) is 5.56 Å². The molecule has 2 aromatic carbocycles. The quantitative estimate of drug-likeness (QED) is 0.602. The minimum Gasteiger partial charge on any atom is -0.332 e. The lowest BCUT2D eigenvalue weighted by Crippen LogP contribution is -2.19. The number of alkyl halides is 3. The van der Waals surface area contributed by atoms with Crippen molar-refractivity contribution in [2.24, 2.45) is 0 Å². The molecule has 0 aliphatic carbocycles. The summed E-state index contributed by atoms with van der Waals surface area (Å²) in [5, 5.41) is 5.84. The van der Waals surface area contributed by atoms with Crippen molar-refractivity contribution < 1.29 is 17.6 Å². The molecule has 116 valence electrons.